The van der Waals surface area contributed by atoms with Gasteiger partial charge in [-0.05, 0) is 54.7 Å². The summed E-state index contributed by atoms with van der Waals surface area (Å²) in [5.41, 5.74) is 1.50. The molecule has 0 saturated heterocycles. The van der Waals surface area contributed by atoms with Crippen molar-refractivity contribution in [3.63, 3.8) is 0 Å². The van der Waals surface area contributed by atoms with Crippen molar-refractivity contribution in [2.75, 3.05) is 0 Å². The zero-order valence-corrected chi connectivity index (χ0v) is 14.4. The predicted molar refractivity (Wildman–Crippen MR) is 93.2 cm³/mol. The normalized spacial score (nSPS) is 25.5. The summed E-state index contributed by atoms with van der Waals surface area (Å²) < 4.78 is 27.9. The molecular weight excluding hydrogens is 306 g/mol. The smallest absolute Gasteiger partial charge is 0.288 e. The van der Waals surface area contributed by atoms with Crippen molar-refractivity contribution in [3.8, 4) is 0 Å². The van der Waals surface area contributed by atoms with Crippen molar-refractivity contribution in [2.24, 2.45) is 5.92 Å². The molecule has 0 heterocycles. The third-order valence-corrected chi connectivity index (χ3v) is 5.67. The summed E-state index contributed by atoms with van der Waals surface area (Å²) in [4.78, 5) is 11.4. The maximum atomic E-state index is 14.0. The Kier molecular flexibility index (Phi) is 5.17. The molecule has 1 aromatic carbocycles. The number of rotatable bonds is 5. The molecule has 3 rings (SSSR count). The monoisotopic (exact) mass is 332 g/mol. The summed E-state index contributed by atoms with van der Waals surface area (Å²) in [6, 6.07) is 5.13. The van der Waals surface area contributed by atoms with E-state index in [1.807, 2.05) is 6.07 Å². The van der Waals surface area contributed by atoms with Crippen LogP contribution in [-0.2, 0) is 10.7 Å². The molecule has 0 aromatic heterocycles. The molecule has 2 aliphatic carbocycles. The van der Waals surface area contributed by atoms with E-state index in [2.05, 4.69) is 6.92 Å². The minimum Gasteiger partial charge on any atom is -0.288 e. The largest absolute Gasteiger partial charge is 0.334 e. The van der Waals surface area contributed by atoms with Crippen LogP contribution in [0.1, 0.15) is 80.9 Å². The molecule has 1 aromatic rings. The van der Waals surface area contributed by atoms with E-state index >= 15 is 0 Å². The minimum absolute atomic E-state index is 0.146. The van der Waals surface area contributed by atoms with E-state index < -0.39 is 11.7 Å². The van der Waals surface area contributed by atoms with Crippen LogP contribution in [0.4, 0.5) is 8.78 Å². The number of alkyl halides is 2. The first-order valence-electron chi connectivity index (χ1n) is 9.27. The van der Waals surface area contributed by atoms with Gasteiger partial charge >= 0.3 is 5.92 Å². The Morgan fingerprint density at radius 1 is 1.08 bits per heavy atom. The number of ketones is 1. The number of halogens is 2. The number of carbonyl (C=O) groups excluding carboxylic acids is 1. The zero-order chi connectivity index (χ0) is 17.2. The Bertz CT molecular complexity index is 625. The molecule has 3 heteroatoms. The van der Waals surface area contributed by atoms with Gasteiger partial charge in [0.2, 0.25) is 5.78 Å². The van der Waals surface area contributed by atoms with E-state index in [9.17, 15) is 13.6 Å². The van der Waals surface area contributed by atoms with Crippen LogP contribution in [0, 0.1) is 5.92 Å². The van der Waals surface area contributed by atoms with Gasteiger partial charge in [-0.1, -0.05) is 56.9 Å². The summed E-state index contributed by atoms with van der Waals surface area (Å²) in [5.74, 6) is -3.18. The van der Waals surface area contributed by atoms with Crippen molar-refractivity contribution in [2.45, 2.75) is 70.1 Å². The van der Waals surface area contributed by atoms with Crippen LogP contribution in [0.3, 0.4) is 0 Å². The van der Waals surface area contributed by atoms with E-state index in [1.165, 1.54) is 50.7 Å². The fourth-order valence-electron chi connectivity index (χ4n) is 4.13. The van der Waals surface area contributed by atoms with Gasteiger partial charge in [-0.15, -0.1) is 0 Å². The number of allylic oxidation sites excluding steroid dienone is 1. The first kappa shape index (κ1) is 17.3. The molecule has 0 unspecified atom stereocenters. The Hall–Kier alpha value is -1.51. The second-order valence-electron chi connectivity index (χ2n) is 7.33. The Morgan fingerprint density at radius 3 is 2.54 bits per heavy atom. The van der Waals surface area contributed by atoms with Gasteiger partial charge in [0.1, 0.15) is 0 Å². The number of carbonyl (C=O) groups is 1. The minimum atomic E-state index is -3.38. The highest BCUT2D eigenvalue weighted by Gasteiger charge is 2.42. The van der Waals surface area contributed by atoms with Gasteiger partial charge in [-0.3, -0.25) is 4.79 Å². The van der Waals surface area contributed by atoms with Gasteiger partial charge in [-0.2, -0.15) is 8.78 Å². The first-order valence-corrected chi connectivity index (χ1v) is 9.27. The van der Waals surface area contributed by atoms with Gasteiger partial charge in [0.25, 0.3) is 0 Å². The van der Waals surface area contributed by atoms with Crippen molar-refractivity contribution < 1.29 is 13.6 Å². The molecule has 130 valence electrons. The molecule has 0 radical (unpaired) electrons. The van der Waals surface area contributed by atoms with E-state index in [1.54, 1.807) is 6.07 Å². The van der Waals surface area contributed by atoms with E-state index in [0.717, 1.165) is 30.4 Å². The van der Waals surface area contributed by atoms with Gasteiger partial charge in [0, 0.05) is 5.56 Å². The molecule has 0 spiro atoms. The summed E-state index contributed by atoms with van der Waals surface area (Å²) >= 11 is 0. The van der Waals surface area contributed by atoms with Gasteiger partial charge in [-0.25, -0.2) is 0 Å². The van der Waals surface area contributed by atoms with Crippen LogP contribution in [0.15, 0.2) is 24.3 Å². The van der Waals surface area contributed by atoms with E-state index in [0.29, 0.717) is 11.5 Å². The average Bonchev–Trinajstić information content (AvgIpc) is 2.59. The summed E-state index contributed by atoms with van der Waals surface area (Å²) in [6.45, 7) is 2.23. The van der Waals surface area contributed by atoms with Gasteiger partial charge in [0.15, 0.2) is 0 Å². The molecule has 0 aliphatic heterocycles. The summed E-state index contributed by atoms with van der Waals surface area (Å²) in [5, 5.41) is 0. The lowest BCUT2D eigenvalue weighted by Crippen LogP contribution is -2.27. The number of hydrogen-bond acceptors (Lipinski definition) is 1. The molecule has 2 aliphatic rings. The third-order valence-electron chi connectivity index (χ3n) is 5.67. The summed E-state index contributed by atoms with van der Waals surface area (Å²) in [7, 11) is 0. The Morgan fingerprint density at radius 2 is 1.83 bits per heavy atom. The molecule has 0 N–H and O–H groups in total. The maximum Gasteiger partial charge on any atom is 0.334 e. The SMILES string of the molecule is CCCCCC1CCC(c2ccc3c(c2)C=CC(=O)C3(F)F)CC1. The van der Waals surface area contributed by atoms with Crippen LogP contribution in [-0.4, -0.2) is 5.78 Å². The predicted octanol–water partition coefficient (Wildman–Crippen LogP) is 6.23. The topological polar surface area (TPSA) is 17.1 Å². The second kappa shape index (κ2) is 7.16. The van der Waals surface area contributed by atoms with E-state index in [4.69, 9.17) is 0 Å². The Balaban J connectivity index is 1.66. The number of unbranched alkanes of at least 4 members (excludes halogenated alkanes) is 2. The number of fused-ring (bicyclic) bond motifs is 1. The molecule has 0 bridgehead atoms. The zero-order valence-electron chi connectivity index (χ0n) is 14.4. The number of hydrogen-bond donors (Lipinski definition) is 0. The molecular formula is C21H26F2O. The quantitative estimate of drug-likeness (QED) is 0.584. The second-order valence-corrected chi connectivity index (χ2v) is 7.33. The van der Waals surface area contributed by atoms with Crippen LogP contribution in [0.2, 0.25) is 0 Å². The molecule has 24 heavy (non-hydrogen) atoms. The fraction of sp³-hybridized carbons (Fsp3) is 0.571. The molecule has 1 fully saturated rings. The highest BCUT2D eigenvalue weighted by molar-refractivity contribution is 6.02. The van der Waals surface area contributed by atoms with Crippen LogP contribution < -0.4 is 0 Å². The van der Waals surface area contributed by atoms with Gasteiger partial charge in [0.05, 0.1) is 0 Å². The maximum absolute atomic E-state index is 14.0. The lowest BCUT2D eigenvalue weighted by atomic mass is 9.76. The first-order chi connectivity index (χ1) is 11.5. The lowest BCUT2D eigenvalue weighted by Gasteiger charge is -2.30. The van der Waals surface area contributed by atoms with Crippen molar-refractivity contribution in [1.29, 1.82) is 0 Å². The average molecular weight is 332 g/mol. The molecule has 1 saturated carbocycles. The van der Waals surface area contributed by atoms with Crippen LogP contribution in [0.5, 0.6) is 0 Å². The van der Waals surface area contributed by atoms with Crippen molar-refractivity contribution >= 4 is 11.9 Å². The molecule has 0 amide bonds. The van der Waals surface area contributed by atoms with Crippen LogP contribution >= 0.6 is 0 Å². The molecule has 1 nitrogen and oxygen atoms in total. The molecule has 0 atom stereocenters. The third kappa shape index (κ3) is 3.45. The number of benzene rings is 1. The highest BCUT2D eigenvalue weighted by Crippen LogP contribution is 2.41. The Labute approximate surface area is 143 Å². The highest BCUT2D eigenvalue weighted by atomic mass is 19.3. The van der Waals surface area contributed by atoms with E-state index in [-0.39, 0.29) is 5.56 Å². The fourth-order valence-corrected chi connectivity index (χ4v) is 4.13. The van der Waals surface area contributed by atoms with Crippen molar-refractivity contribution in [3.05, 3.63) is 41.0 Å². The van der Waals surface area contributed by atoms with Gasteiger partial charge < -0.3 is 0 Å². The standard InChI is InChI=1S/C21H26F2O/c1-2-3-4-5-15-6-8-16(9-7-15)17-10-12-19-18(14-17)11-13-20(24)21(19,22)23/h10-16H,2-9H2,1H3. The van der Waals surface area contributed by atoms with Crippen molar-refractivity contribution in [1.82, 2.24) is 0 Å². The lowest BCUT2D eigenvalue weighted by molar-refractivity contribution is -0.139. The van der Waals surface area contributed by atoms with Crippen LogP contribution in [0.25, 0.3) is 6.08 Å². The summed E-state index contributed by atoms with van der Waals surface area (Å²) in [6.07, 6.45) is 12.6.